The van der Waals surface area contributed by atoms with Crippen molar-refractivity contribution in [2.24, 2.45) is 0 Å². The standard InChI is InChI=1S/C16H20N2OS2/c19-16(17-9-8-14-5-2-1-3-6-14)18-10-12-20-13-15-7-4-11-21-15/h1-7,11H,8-10,12-13H2,(H2,17,18,19). The van der Waals surface area contributed by atoms with E-state index in [-0.39, 0.29) is 6.03 Å². The molecule has 2 amide bonds. The minimum atomic E-state index is -0.0809. The van der Waals surface area contributed by atoms with Crippen LogP contribution >= 0.6 is 23.1 Å². The largest absolute Gasteiger partial charge is 0.338 e. The second-order valence-electron chi connectivity index (χ2n) is 4.55. The molecule has 3 nitrogen and oxygen atoms in total. The molecule has 0 aliphatic rings. The lowest BCUT2D eigenvalue weighted by Gasteiger charge is -2.07. The average molecular weight is 320 g/mol. The molecule has 21 heavy (non-hydrogen) atoms. The predicted octanol–water partition coefficient (Wildman–Crippen LogP) is 3.52. The maximum Gasteiger partial charge on any atom is 0.314 e. The number of hydrogen-bond donors (Lipinski definition) is 2. The van der Waals surface area contributed by atoms with Crippen LogP contribution in [0.4, 0.5) is 4.79 Å². The van der Waals surface area contributed by atoms with Crippen LogP contribution in [0.15, 0.2) is 47.8 Å². The number of thiophene rings is 1. The maximum atomic E-state index is 11.6. The fourth-order valence-corrected chi connectivity index (χ4v) is 3.53. The molecule has 0 bridgehead atoms. The van der Waals surface area contributed by atoms with Gasteiger partial charge >= 0.3 is 6.03 Å². The number of urea groups is 1. The quantitative estimate of drug-likeness (QED) is 0.731. The number of nitrogens with one attached hydrogen (secondary N) is 2. The van der Waals surface area contributed by atoms with Gasteiger partial charge in [-0.2, -0.15) is 11.8 Å². The van der Waals surface area contributed by atoms with Gasteiger partial charge in [0.05, 0.1) is 0 Å². The molecule has 1 aromatic heterocycles. The van der Waals surface area contributed by atoms with Gasteiger partial charge in [0.15, 0.2) is 0 Å². The van der Waals surface area contributed by atoms with Gasteiger partial charge in [0.2, 0.25) is 0 Å². The van der Waals surface area contributed by atoms with Crippen molar-refractivity contribution in [3.05, 3.63) is 58.3 Å². The zero-order valence-electron chi connectivity index (χ0n) is 11.9. The van der Waals surface area contributed by atoms with Crippen LogP contribution in [-0.2, 0) is 12.2 Å². The minimum absolute atomic E-state index is 0.0809. The molecule has 0 saturated carbocycles. The zero-order chi connectivity index (χ0) is 14.8. The van der Waals surface area contributed by atoms with E-state index in [1.807, 2.05) is 30.0 Å². The normalized spacial score (nSPS) is 10.3. The molecular formula is C16H20N2OS2. The highest BCUT2D eigenvalue weighted by Gasteiger charge is 2.00. The van der Waals surface area contributed by atoms with E-state index in [2.05, 4.69) is 40.3 Å². The van der Waals surface area contributed by atoms with Crippen molar-refractivity contribution in [1.82, 2.24) is 10.6 Å². The first-order valence-corrected chi connectivity index (χ1v) is 9.04. The summed E-state index contributed by atoms with van der Waals surface area (Å²) in [6, 6.07) is 14.3. The van der Waals surface area contributed by atoms with Gasteiger partial charge in [0, 0.05) is 29.5 Å². The molecule has 0 radical (unpaired) electrons. The lowest BCUT2D eigenvalue weighted by molar-refractivity contribution is 0.241. The highest BCUT2D eigenvalue weighted by molar-refractivity contribution is 7.98. The summed E-state index contributed by atoms with van der Waals surface area (Å²) < 4.78 is 0. The van der Waals surface area contributed by atoms with Crippen LogP contribution in [0.5, 0.6) is 0 Å². The first-order chi connectivity index (χ1) is 10.3. The van der Waals surface area contributed by atoms with Gasteiger partial charge in [-0.15, -0.1) is 11.3 Å². The van der Waals surface area contributed by atoms with E-state index in [9.17, 15) is 4.79 Å². The Labute approximate surface area is 134 Å². The van der Waals surface area contributed by atoms with Gasteiger partial charge in [-0.05, 0) is 23.4 Å². The third-order valence-electron chi connectivity index (χ3n) is 2.90. The van der Waals surface area contributed by atoms with Crippen molar-refractivity contribution < 1.29 is 4.79 Å². The van der Waals surface area contributed by atoms with E-state index in [0.717, 1.165) is 17.9 Å². The van der Waals surface area contributed by atoms with Crippen molar-refractivity contribution in [1.29, 1.82) is 0 Å². The van der Waals surface area contributed by atoms with Crippen LogP contribution in [0, 0.1) is 0 Å². The molecule has 2 rings (SSSR count). The first-order valence-electron chi connectivity index (χ1n) is 7.00. The Morgan fingerprint density at radius 3 is 2.62 bits per heavy atom. The van der Waals surface area contributed by atoms with Crippen molar-refractivity contribution in [3.63, 3.8) is 0 Å². The number of rotatable bonds is 8. The first kappa shape index (κ1) is 15.9. The van der Waals surface area contributed by atoms with Gasteiger partial charge in [0.1, 0.15) is 0 Å². The second-order valence-corrected chi connectivity index (χ2v) is 6.69. The molecule has 0 spiro atoms. The van der Waals surface area contributed by atoms with Crippen molar-refractivity contribution in [2.45, 2.75) is 12.2 Å². The topological polar surface area (TPSA) is 41.1 Å². The number of hydrogen-bond acceptors (Lipinski definition) is 3. The fraction of sp³-hybridized carbons (Fsp3) is 0.312. The Bertz CT molecular complexity index is 514. The molecule has 0 fully saturated rings. The van der Waals surface area contributed by atoms with Gasteiger partial charge in [0.25, 0.3) is 0 Å². The fourth-order valence-electron chi connectivity index (χ4n) is 1.83. The lowest BCUT2D eigenvalue weighted by atomic mass is 10.1. The Kier molecular flexibility index (Phi) is 7.18. The average Bonchev–Trinajstić information content (AvgIpc) is 3.01. The Morgan fingerprint density at radius 1 is 1.05 bits per heavy atom. The van der Waals surface area contributed by atoms with Crippen LogP contribution < -0.4 is 10.6 Å². The Hall–Kier alpha value is -1.46. The minimum Gasteiger partial charge on any atom is -0.338 e. The lowest BCUT2D eigenvalue weighted by Crippen LogP contribution is -2.37. The third-order valence-corrected chi connectivity index (χ3v) is 4.97. The predicted molar refractivity (Wildman–Crippen MR) is 92.0 cm³/mol. The smallest absolute Gasteiger partial charge is 0.314 e. The molecule has 0 atom stereocenters. The highest BCUT2D eigenvalue weighted by atomic mass is 32.2. The number of benzene rings is 1. The van der Waals surface area contributed by atoms with Crippen LogP contribution in [0.25, 0.3) is 0 Å². The summed E-state index contributed by atoms with van der Waals surface area (Å²) in [7, 11) is 0. The monoisotopic (exact) mass is 320 g/mol. The van der Waals surface area contributed by atoms with E-state index in [1.165, 1.54) is 10.4 Å². The summed E-state index contributed by atoms with van der Waals surface area (Å²) in [5, 5.41) is 7.85. The molecule has 0 aliphatic carbocycles. The SMILES string of the molecule is O=C(NCCSCc1cccs1)NCCc1ccccc1. The van der Waals surface area contributed by atoms with Crippen LogP contribution in [-0.4, -0.2) is 24.9 Å². The molecule has 2 aromatic rings. The summed E-state index contributed by atoms with van der Waals surface area (Å²) in [5.74, 6) is 1.96. The Balaban J connectivity index is 1.48. The molecule has 0 unspecified atom stereocenters. The molecule has 112 valence electrons. The summed E-state index contributed by atoms with van der Waals surface area (Å²) in [5.41, 5.74) is 1.24. The van der Waals surface area contributed by atoms with Gasteiger partial charge < -0.3 is 10.6 Å². The number of carbonyl (C=O) groups excluding carboxylic acids is 1. The van der Waals surface area contributed by atoms with E-state index < -0.39 is 0 Å². The Morgan fingerprint density at radius 2 is 1.86 bits per heavy atom. The van der Waals surface area contributed by atoms with E-state index >= 15 is 0 Å². The van der Waals surface area contributed by atoms with Crippen molar-refractivity contribution >= 4 is 29.1 Å². The van der Waals surface area contributed by atoms with Gasteiger partial charge in [-0.3, -0.25) is 0 Å². The molecule has 1 aromatic carbocycles. The van der Waals surface area contributed by atoms with E-state index in [0.29, 0.717) is 13.1 Å². The summed E-state index contributed by atoms with van der Waals surface area (Å²) >= 11 is 3.62. The van der Waals surface area contributed by atoms with E-state index in [1.54, 1.807) is 11.3 Å². The molecule has 5 heteroatoms. The second kappa shape index (κ2) is 9.47. The summed E-state index contributed by atoms with van der Waals surface area (Å²) in [6.07, 6.45) is 0.862. The van der Waals surface area contributed by atoms with Gasteiger partial charge in [-0.1, -0.05) is 36.4 Å². The van der Waals surface area contributed by atoms with Crippen molar-refractivity contribution in [3.8, 4) is 0 Å². The third kappa shape index (κ3) is 6.69. The number of amides is 2. The molecule has 0 aliphatic heterocycles. The molecule has 1 heterocycles. The van der Waals surface area contributed by atoms with Crippen LogP contribution in [0.3, 0.4) is 0 Å². The number of carbonyl (C=O) groups is 1. The van der Waals surface area contributed by atoms with Gasteiger partial charge in [-0.25, -0.2) is 4.79 Å². The number of thioether (sulfide) groups is 1. The highest BCUT2D eigenvalue weighted by Crippen LogP contribution is 2.16. The van der Waals surface area contributed by atoms with Crippen LogP contribution in [0.2, 0.25) is 0 Å². The summed E-state index contributed by atoms with van der Waals surface area (Å²) in [6.45, 7) is 1.37. The maximum absolute atomic E-state index is 11.6. The molecular weight excluding hydrogens is 300 g/mol. The zero-order valence-corrected chi connectivity index (χ0v) is 13.5. The molecule has 0 saturated heterocycles. The molecule has 2 N–H and O–H groups in total. The summed E-state index contributed by atoms with van der Waals surface area (Å²) in [4.78, 5) is 13.0. The van der Waals surface area contributed by atoms with Crippen LogP contribution in [0.1, 0.15) is 10.4 Å². The van der Waals surface area contributed by atoms with Crippen molar-refractivity contribution in [2.75, 3.05) is 18.8 Å². The van der Waals surface area contributed by atoms with E-state index in [4.69, 9.17) is 0 Å².